The van der Waals surface area contributed by atoms with Crippen LogP contribution in [0.5, 0.6) is 0 Å². The number of hydrogen-bond donors (Lipinski definition) is 2. The van der Waals surface area contributed by atoms with Gasteiger partial charge in [0.15, 0.2) is 0 Å². The third kappa shape index (κ3) is 5.29. The number of halogens is 3. The lowest BCUT2D eigenvalue weighted by Crippen LogP contribution is -2.42. The number of anilines is 2. The number of aliphatic carboxylic acids is 1. The van der Waals surface area contributed by atoms with Gasteiger partial charge in [0.2, 0.25) is 0 Å². The van der Waals surface area contributed by atoms with Crippen molar-refractivity contribution in [1.29, 1.82) is 0 Å². The minimum absolute atomic E-state index is 0.265. The quantitative estimate of drug-likeness (QED) is 0.233. The maximum absolute atomic E-state index is 13.4. The molecule has 2 heterocycles. The van der Waals surface area contributed by atoms with E-state index in [2.05, 4.69) is 10.2 Å². The maximum Gasteiger partial charge on any atom is 0.326 e. The van der Waals surface area contributed by atoms with Crippen LogP contribution >= 0.6 is 34.8 Å². The molecule has 0 aromatic heterocycles. The van der Waals surface area contributed by atoms with Gasteiger partial charge in [-0.2, -0.15) is 0 Å². The summed E-state index contributed by atoms with van der Waals surface area (Å²) in [4.78, 5) is 29.6. The Morgan fingerprint density at radius 3 is 2.24 bits per heavy atom. The zero-order valence-corrected chi connectivity index (χ0v) is 24.1. The van der Waals surface area contributed by atoms with E-state index in [1.54, 1.807) is 18.2 Å². The first-order valence-electron chi connectivity index (χ1n) is 13.2. The molecule has 2 atom stereocenters. The smallest absolute Gasteiger partial charge is 0.326 e. The molecule has 2 amide bonds. The van der Waals surface area contributed by atoms with Gasteiger partial charge in [0.1, 0.15) is 0 Å². The van der Waals surface area contributed by atoms with Crippen LogP contribution in [0.2, 0.25) is 15.1 Å². The number of hydrogen-bond acceptors (Lipinski definition) is 3. The summed E-state index contributed by atoms with van der Waals surface area (Å²) in [5, 5.41) is 14.4. The Kier molecular flexibility index (Phi) is 7.66. The second kappa shape index (κ2) is 11.4. The van der Waals surface area contributed by atoms with Crippen LogP contribution in [0.4, 0.5) is 16.2 Å². The summed E-state index contributed by atoms with van der Waals surface area (Å²) < 4.78 is 0. The van der Waals surface area contributed by atoms with Gasteiger partial charge in [-0.15, -0.1) is 0 Å². The molecule has 1 unspecified atom stereocenters. The van der Waals surface area contributed by atoms with Gasteiger partial charge in [0.25, 0.3) is 0 Å². The van der Waals surface area contributed by atoms with Gasteiger partial charge in [0, 0.05) is 48.2 Å². The number of carboxylic acids is 1. The van der Waals surface area contributed by atoms with E-state index < -0.39 is 11.9 Å². The number of likely N-dealkylation sites (tertiary alicyclic amines) is 1. The number of carboxylic acid groups (broad SMARTS) is 1. The van der Waals surface area contributed by atoms with Crippen LogP contribution in [-0.2, 0) is 17.9 Å². The van der Waals surface area contributed by atoms with Crippen LogP contribution in [0.25, 0.3) is 11.1 Å². The van der Waals surface area contributed by atoms with Crippen molar-refractivity contribution in [2.24, 2.45) is 5.92 Å². The lowest BCUT2D eigenvalue weighted by atomic mass is 9.84. The molecule has 0 radical (unpaired) electrons. The molecule has 1 saturated heterocycles. The van der Waals surface area contributed by atoms with E-state index in [4.69, 9.17) is 34.8 Å². The van der Waals surface area contributed by atoms with Crippen LogP contribution in [0, 0.1) is 5.92 Å². The molecule has 0 spiro atoms. The minimum Gasteiger partial charge on any atom is -0.481 e. The number of urea groups is 1. The number of fused-ring (bicyclic) bond motifs is 1. The van der Waals surface area contributed by atoms with E-state index in [1.165, 1.54) is 4.90 Å². The molecular formula is C32H26Cl3N3O3. The Balaban J connectivity index is 1.52. The fourth-order valence-electron chi connectivity index (χ4n) is 5.92. The minimum atomic E-state index is -0.855. The highest BCUT2D eigenvalue weighted by atomic mass is 35.5. The highest BCUT2D eigenvalue weighted by Crippen LogP contribution is 2.47. The van der Waals surface area contributed by atoms with E-state index in [9.17, 15) is 14.7 Å². The van der Waals surface area contributed by atoms with Crippen molar-refractivity contribution in [2.75, 3.05) is 18.0 Å². The molecule has 2 aliphatic heterocycles. The zero-order valence-electron chi connectivity index (χ0n) is 21.9. The van der Waals surface area contributed by atoms with Gasteiger partial charge < -0.3 is 10.4 Å². The highest BCUT2D eigenvalue weighted by molar-refractivity contribution is 6.40. The summed E-state index contributed by atoms with van der Waals surface area (Å²) in [6.45, 7) is 1.87. The number of nitrogens with one attached hydrogen (secondary N) is 1. The SMILES string of the molecule is O=C(O)[C@H]1CN(Cc2ccccc2)CC1c1cc(-c2ccccc2Cl)c2c(c1)N(c1c(Cl)cccc1Cl)C(=O)NC2. The van der Waals surface area contributed by atoms with Crippen molar-refractivity contribution in [3.8, 4) is 11.1 Å². The van der Waals surface area contributed by atoms with Gasteiger partial charge in [-0.1, -0.05) is 95.5 Å². The lowest BCUT2D eigenvalue weighted by Gasteiger charge is -2.34. The molecule has 2 N–H and O–H groups in total. The van der Waals surface area contributed by atoms with Gasteiger partial charge in [-0.3, -0.25) is 14.6 Å². The van der Waals surface area contributed by atoms with Crippen LogP contribution in [-0.4, -0.2) is 35.1 Å². The van der Waals surface area contributed by atoms with Crippen molar-refractivity contribution < 1.29 is 14.7 Å². The number of rotatable bonds is 6. The van der Waals surface area contributed by atoms with E-state index in [-0.39, 0.29) is 18.5 Å². The van der Waals surface area contributed by atoms with Crippen molar-refractivity contribution in [2.45, 2.75) is 19.0 Å². The summed E-state index contributed by atoms with van der Waals surface area (Å²) in [6.07, 6.45) is 0. The van der Waals surface area contributed by atoms with E-state index in [0.717, 1.165) is 27.8 Å². The highest BCUT2D eigenvalue weighted by Gasteiger charge is 2.40. The molecule has 6 rings (SSSR count). The number of carbonyl (C=O) groups excluding carboxylic acids is 1. The van der Waals surface area contributed by atoms with Crippen molar-refractivity contribution in [1.82, 2.24) is 10.2 Å². The van der Waals surface area contributed by atoms with Gasteiger partial charge >= 0.3 is 12.0 Å². The second-order valence-electron chi connectivity index (χ2n) is 10.3. The van der Waals surface area contributed by atoms with Gasteiger partial charge in [-0.05, 0) is 41.0 Å². The Bertz CT molecular complexity index is 1630. The van der Waals surface area contributed by atoms with E-state index >= 15 is 0 Å². The molecule has 0 saturated carbocycles. The number of para-hydroxylation sites is 1. The molecule has 6 nitrogen and oxygen atoms in total. The van der Waals surface area contributed by atoms with Crippen molar-refractivity contribution >= 4 is 58.2 Å². The predicted octanol–water partition coefficient (Wildman–Crippen LogP) is 7.98. The monoisotopic (exact) mass is 605 g/mol. The summed E-state index contributed by atoms with van der Waals surface area (Å²) in [6, 6.07) is 26.2. The second-order valence-corrected chi connectivity index (χ2v) is 11.6. The number of nitrogens with zero attached hydrogens (tertiary/aromatic N) is 2. The molecule has 41 heavy (non-hydrogen) atoms. The van der Waals surface area contributed by atoms with Crippen LogP contribution < -0.4 is 10.2 Å². The first kappa shape index (κ1) is 27.6. The molecule has 4 aromatic carbocycles. The maximum atomic E-state index is 13.4. The number of amides is 2. The standard InChI is InChI=1S/C32H26Cl3N3O3/c33-26-10-5-4-9-21(26)22-13-20(24-17-37(18-25(24)31(39)40)16-19-7-2-1-3-8-19)14-29-23(22)15-36-32(41)38(29)30-27(34)11-6-12-28(30)35/h1-14,24-25H,15-18H2,(H,36,41)(H,39,40)/t24?,25-/m0/s1. The van der Waals surface area contributed by atoms with Crippen LogP contribution in [0.3, 0.4) is 0 Å². The van der Waals surface area contributed by atoms with Crippen LogP contribution in [0.15, 0.2) is 84.9 Å². The predicted molar refractivity (Wildman–Crippen MR) is 163 cm³/mol. The molecular weight excluding hydrogens is 581 g/mol. The number of carbonyl (C=O) groups is 2. The third-order valence-corrected chi connectivity index (χ3v) is 8.76. The Morgan fingerprint density at radius 2 is 1.54 bits per heavy atom. The third-order valence-electron chi connectivity index (χ3n) is 7.82. The average molecular weight is 607 g/mol. The zero-order chi connectivity index (χ0) is 28.7. The van der Waals surface area contributed by atoms with E-state index in [0.29, 0.717) is 46.1 Å². The topological polar surface area (TPSA) is 72.9 Å². The lowest BCUT2D eigenvalue weighted by molar-refractivity contribution is -0.141. The molecule has 0 aliphatic carbocycles. The Hall–Kier alpha value is -3.55. The van der Waals surface area contributed by atoms with Crippen molar-refractivity contribution in [3.05, 3.63) is 117 Å². The molecule has 9 heteroatoms. The summed E-state index contributed by atoms with van der Waals surface area (Å²) in [7, 11) is 0. The first-order valence-corrected chi connectivity index (χ1v) is 14.4. The van der Waals surface area contributed by atoms with Gasteiger partial charge in [-0.25, -0.2) is 4.79 Å². The van der Waals surface area contributed by atoms with Gasteiger partial charge in [0.05, 0.1) is 27.3 Å². The van der Waals surface area contributed by atoms with E-state index in [1.807, 2.05) is 66.7 Å². The molecule has 208 valence electrons. The Labute approximate surface area is 253 Å². The largest absolute Gasteiger partial charge is 0.481 e. The van der Waals surface area contributed by atoms with Crippen LogP contribution in [0.1, 0.15) is 22.6 Å². The fourth-order valence-corrected chi connectivity index (χ4v) is 6.72. The summed E-state index contributed by atoms with van der Waals surface area (Å²) in [5.74, 6) is -1.81. The fraction of sp³-hybridized carbons (Fsp3) is 0.188. The molecule has 1 fully saturated rings. The Morgan fingerprint density at radius 1 is 0.854 bits per heavy atom. The summed E-state index contributed by atoms with van der Waals surface area (Å²) in [5.41, 5.74) is 5.34. The molecule has 2 aliphatic rings. The number of benzene rings is 4. The van der Waals surface area contributed by atoms with Crippen molar-refractivity contribution in [3.63, 3.8) is 0 Å². The molecule has 4 aromatic rings. The first-order chi connectivity index (χ1) is 19.8. The molecule has 0 bridgehead atoms. The summed E-state index contributed by atoms with van der Waals surface area (Å²) >= 11 is 19.9. The normalized spacial score (nSPS) is 18.7. The average Bonchev–Trinajstić information content (AvgIpc) is 3.38.